The van der Waals surface area contributed by atoms with E-state index in [4.69, 9.17) is 18.0 Å². The maximum absolute atomic E-state index is 12.7. The van der Waals surface area contributed by atoms with Crippen LogP contribution in [0.3, 0.4) is 0 Å². The van der Waals surface area contributed by atoms with E-state index >= 15 is 0 Å². The summed E-state index contributed by atoms with van der Waals surface area (Å²) in [5, 5.41) is 0. The van der Waals surface area contributed by atoms with Crippen molar-refractivity contribution in [1.29, 1.82) is 0 Å². The molecule has 3 nitrogen and oxygen atoms in total. The molecule has 2 N–H and O–H groups in total. The van der Waals surface area contributed by atoms with Crippen LogP contribution in [0.4, 0.5) is 0 Å². The lowest BCUT2D eigenvalue weighted by molar-refractivity contribution is 0.0715. The zero-order valence-corrected chi connectivity index (χ0v) is 13.9. The van der Waals surface area contributed by atoms with Gasteiger partial charge in [0.05, 0.1) is 9.87 Å². The zero-order chi connectivity index (χ0) is 14.8. The molecule has 0 radical (unpaired) electrons. The maximum atomic E-state index is 12.7. The summed E-state index contributed by atoms with van der Waals surface area (Å²) in [5.74, 6) is 0.513. The number of carbonyl (C=O) groups is 1. The molecule has 1 aromatic rings. The van der Waals surface area contributed by atoms with E-state index in [1.54, 1.807) is 11.3 Å². The summed E-state index contributed by atoms with van der Waals surface area (Å²) in [4.78, 5) is 17.6. The maximum Gasteiger partial charge on any atom is 0.263 e. The van der Waals surface area contributed by atoms with E-state index in [1.807, 2.05) is 4.90 Å². The summed E-state index contributed by atoms with van der Waals surface area (Å²) >= 11 is 6.78. The average molecular weight is 322 g/mol. The van der Waals surface area contributed by atoms with E-state index in [0.717, 1.165) is 43.6 Å². The van der Waals surface area contributed by atoms with Crippen LogP contribution in [0.1, 0.15) is 52.2 Å². The molecule has 0 aromatic carbocycles. The van der Waals surface area contributed by atoms with Crippen LogP contribution in [0, 0.1) is 5.92 Å². The van der Waals surface area contributed by atoms with Crippen molar-refractivity contribution in [2.75, 3.05) is 13.1 Å². The van der Waals surface area contributed by atoms with Crippen molar-refractivity contribution in [2.45, 2.75) is 44.9 Å². The summed E-state index contributed by atoms with van der Waals surface area (Å²) in [6.07, 6.45) is 7.95. The molecule has 2 aliphatic rings. The van der Waals surface area contributed by atoms with Crippen molar-refractivity contribution in [3.63, 3.8) is 0 Å². The van der Waals surface area contributed by atoms with Gasteiger partial charge in [-0.1, -0.05) is 18.6 Å². The molecule has 1 fully saturated rings. The molecule has 1 aliphatic carbocycles. The van der Waals surface area contributed by atoms with Crippen LogP contribution in [0.5, 0.6) is 0 Å². The van der Waals surface area contributed by atoms with Crippen LogP contribution in [-0.4, -0.2) is 28.9 Å². The van der Waals surface area contributed by atoms with Gasteiger partial charge in [-0.25, -0.2) is 0 Å². The highest BCUT2D eigenvalue weighted by molar-refractivity contribution is 7.80. The van der Waals surface area contributed by atoms with Gasteiger partial charge in [0.1, 0.15) is 0 Å². The number of rotatable bonds is 2. The Bertz CT molecular complexity index is 521. The number of piperidine rings is 1. The quantitative estimate of drug-likeness (QED) is 0.672. The van der Waals surface area contributed by atoms with Gasteiger partial charge in [0.15, 0.2) is 0 Å². The second kappa shape index (κ2) is 6.44. The number of nitrogens with zero attached hydrogens (tertiary/aromatic N) is 1. The number of fused-ring (bicyclic) bond motifs is 1. The first kappa shape index (κ1) is 15.0. The van der Waals surface area contributed by atoms with Gasteiger partial charge in [-0.3, -0.25) is 4.79 Å². The van der Waals surface area contributed by atoms with Crippen molar-refractivity contribution < 1.29 is 4.79 Å². The van der Waals surface area contributed by atoms with Gasteiger partial charge in [-0.2, -0.15) is 0 Å². The Hall–Kier alpha value is -0.940. The third kappa shape index (κ3) is 3.29. The van der Waals surface area contributed by atoms with E-state index < -0.39 is 0 Å². The zero-order valence-electron chi connectivity index (χ0n) is 12.3. The number of thiophene rings is 1. The number of carbonyl (C=O) groups excluding carboxylic acids is 1. The van der Waals surface area contributed by atoms with Crippen LogP contribution < -0.4 is 5.73 Å². The fraction of sp³-hybridized carbons (Fsp3) is 0.625. The minimum Gasteiger partial charge on any atom is -0.393 e. The Balaban J connectivity index is 1.67. The molecule has 0 bridgehead atoms. The summed E-state index contributed by atoms with van der Waals surface area (Å²) in [7, 11) is 0. The molecule has 1 aliphatic heterocycles. The van der Waals surface area contributed by atoms with Crippen LogP contribution in [0.15, 0.2) is 6.07 Å². The van der Waals surface area contributed by atoms with Crippen molar-refractivity contribution >= 4 is 34.5 Å². The van der Waals surface area contributed by atoms with Crippen LogP contribution in [-0.2, 0) is 12.8 Å². The lowest BCUT2D eigenvalue weighted by atomic mass is 9.97. The van der Waals surface area contributed by atoms with Crippen molar-refractivity contribution in [2.24, 2.45) is 11.7 Å². The molecule has 0 unspecified atom stereocenters. The number of hydrogen-bond acceptors (Lipinski definition) is 3. The Morgan fingerprint density at radius 2 is 1.95 bits per heavy atom. The van der Waals surface area contributed by atoms with Crippen LogP contribution in [0.25, 0.3) is 0 Å². The minimum atomic E-state index is 0.203. The second-order valence-corrected chi connectivity index (χ2v) is 7.70. The van der Waals surface area contributed by atoms with Gasteiger partial charge < -0.3 is 10.6 Å². The lowest BCUT2D eigenvalue weighted by Crippen LogP contribution is -2.41. The first-order valence-electron chi connectivity index (χ1n) is 7.85. The number of likely N-dealkylation sites (tertiary alicyclic amines) is 1. The standard InChI is InChI=1S/C16H22N2OS2/c17-15(20)11-6-8-18(9-7-11)16(19)14-10-12-4-2-1-3-5-13(12)21-14/h10-11H,1-9H2,(H2,17,20). The molecule has 0 spiro atoms. The van der Waals surface area contributed by atoms with Crippen molar-refractivity contribution in [3.8, 4) is 0 Å². The predicted molar refractivity (Wildman–Crippen MR) is 91.0 cm³/mol. The molecule has 3 rings (SSSR count). The van der Waals surface area contributed by atoms with Crippen LogP contribution in [0.2, 0.25) is 0 Å². The molecule has 0 saturated carbocycles. The summed E-state index contributed by atoms with van der Waals surface area (Å²) < 4.78 is 0. The molecule has 1 saturated heterocycles. The molecule has 114 valence electrons. The van der Waals surface area contributed by atoms with Crippen LogP contribution >= 0.6 is 23.6 Å². The Kier molecular flexibility index (Phi) is 4.60. The van der Waals surface area contributed by atoms with Gasteiger partial charge in [0, 0.05) is 23.9 Å². The summed E-state index contributed by atoms with van der Waals surface area (Å²) in [6, 6.07) is 2.15. The minimum absolute atomic E-state index is 0.203. The smallest absolute Gasteiger partial charge is 0.263 e. The average Bonchev–Trinajstić information content (AvgIpc) is 2.77. The van der Waals surface area contributed by atoms with Crippen molar-refractivity contribution in [3.05, 3.63) is 21.4 Å². The topological polar surface area (TPSA) is 46.3 Å². The first-order chi connectivity index (χ1) is 10.1. The second-order valence-electron chi connectivity index (χ2n) is 6.09. The molecule has 5 heteroatoms. The van der Waals surface area contributed by atoms with Gasteiger partial charge in [0.2, 0.25) is 0 Å². The van der Waals surface area contributed by atoms with E-state index in [0.29, 0.717) is 10.9 Å². The predicted octanol–water partition coefficient (Wildman–Crippen LogP) is 3.16. The van der Waals surface area contributed by atoms with E-state index in [2.05, 4.69) is 6.07 Å². The molecular weight excluding hydrogens is 300 g/mol. The number of aryl methyl sites for hydroxylation is 2. The van der Waals surface area contributed by atoms with Gasteiger partial charge in [0.25, 0.3) is 5.91 Å². The highest BCUT2D eigenvalue weighted by Crippen LogP contribution is 2.30. The van der Waals surface area contributed by atoms with E-state index in [1.165, 1.54) is 29.7 Å². The molecule has 0 atom stereocenters. The number of thiocarbonyl (C=S) groups is 1. The molecule has 21 heavy (non-hydrogen) atoms. The van der Waals surface area contributed by atoms with Gasteiger partial charge in [-0.15, -0.1) is 11.3 Å². The monoisotopic (exact) mass is 322 g/mol. The third-order valence-corrected chi connectivity index (χ3v) is 6.20. The number of nitrogens with two attached hydrogens (primary N) is 1. The molecule has 2 heterocycles. The van der Waals surface area contributed by atoms with Gasteiger partial charge in [-0.05, 0) is 50.2 Å². The molecular formula is C16H22N2OS2. The van der Waals surface area contributed by atoms with Crippen molar-refractivity contribution in [1.82, 2.24) is 4.90 Å². The fourth-order valence-corrected chi connectivity index (χ4v) is 4.75. The number of amides is 1. The fourth-order valence-electron chi connectivity index (χ4n) is 3.30. The largest absolute Gasteiger partial charge is 0.393 e. The third-order valence-electron chi connectivity index (χ3n) is 4.64. The highest BCUT2D eigenvalue weighted by atomic mass is 32.1. The lowest BCUT2D eigenvalue weighted by Gasteiger charge is -2.31. The van der Waals surface area contributed by atoms with E-state index in [9.17, 15) is 4.79 Å². The molecule has 1 aromatic heterocycles. The Morgan fingerprint density at radius 3 is 2.67 bits per heavy atom. The Labute approximate surface area is 135 Å². The molecule has 1 amide bonds. The normalized spacial score (nSPS) is 19.9. The first-order valence-corrected chi connectivity index (χ1v) is 9.08. The van der Waals surface area contributed by atoms with E-state index in [-0.39, 0.29) is 5.91 Å². The highest BCUT2D eigenvalue weighted by Gasteiger charge is 2.26. The summed E-state index contributed by atoms with van der Waals surface area (Å²) in [5.41, 5.74) is 7.13. The number of hydrogen-bond donors (Lipinski definition) is 1. The SMILES string of the molecule is NC(=S)C1CCN(C(=O)c2cc3c(s2)CCCCC3)CC1. The Morgan fingerprint density at radius 1 is 1.24 bits per heavy atom. The summed E-state index contributed by atoms with van der Waals surface area (Å²) in [6.45, 7) is 1.56. The van der Waals surface area contributed by atoms with Gasteiger partial charge >= 0.3 is 0 Å².